The lowest BCUT2D eigenvalue weighted by molar-refractivity contribution is -0.136. The van der Waals surface area contributed by atoms with Crippen LogP contribution in [0.15, 0.2) is 41.6 Å². The van der Waals surface area contributed by atoms with Gasteiger partial charge in [0.1, 0.15) is 0 Å². The molecule has 2 aliphatic heterocycles. The Kier molecular flexibility index (Phi) is 5.58. The van der Waals surface area contributed by atoms with Crippen molar-refractivity contribution in [1.82, 2.24) is 19.1 Å². The standard InChI is InChI=1S/C19H24N4O4S/c24-19(22-10-12-27-13-11-22)15-21-6-8-23(9-7-21)28(25,26)18-3-1-2-16-14-20-5-4-17(16)18/h1-5,14H,6-13,15H2. The van der Waals surface area contributed by atoms with E-state index in [1.807, 2.05) is 15.9 Å². The summed E-state index contributed by atoms with van der Waals surface area (Å²) in [7, 11) is -3.59. The number of pyridine rings is 1. The summed E-state index contributed by atoms with van der Waals surface area (Å²) >= 11 is 0. The van der Waals surface area contributed by atoms with Gasteiger partial charge in [0.2, 0.25) is 15.9 Å². The first-order chi connectivity index (χ1) is 13.6. The summed E-state index contributed by atoms with van der Waals surface area (Å²) in [6.07, 6.45) is 3.28. The molecule has 1 aromatic heterocycles. The van der Waals surface area contributed by atoms with Crippen molar-refractivity contribution < 1.29 is 17.9 Å². The molecule has 0 radical (unpaired) electrons. The molecule has 0 spiro atoms. The molecule has 2 aliphatic rings. The molecule has 0 unspecified atom stereocenters. The minimum atomic E-state index is -3.59. The Morgan fingerprint density at radius 2 is 1.79 bits per heavy atom. The van der Waals surface area contributed by atoms with Gasteiger partial charge in [-0.25, -0.2) is 8.42 Å². The first-order valence-corrected chi connectivity index (χ1v) is 10.9. The Morgan fingerprint density at radius 1 is 1.04 bits per heavy atom. The van der Waals surface area contributed by atoms with Crippen molar-refractivity contribution in [1.29, 1.82) is 0 Å². The highest BCUT2D eigenvalue weighted by atomic mass is 32.2. The average molecular weight is 404 g/mol. The van der Waals surface area contributed by atoms with Crippen molar-refractivity contribution in [2.75, 3.05) is 59.0 Å². The molecule has 8 nitrogen and oxygen atoms in total. The molecule has 3 heterocycles. The number of nitrogens with zero attached hydrogens (tertiary/aromatic N) is 4. The van der Waals surface area contributed by atoms with Gasteiger partial charge < -0.3 is 9.64 Å². The van der Waals surface area contributed by atoms with Crippen molar-refractivity contribution in [3.05, 3.63) is 36.7 Å². The van der Waals surface area contributed by atoms with Crippen molar-refractivity contribution in [2.24, 2.45) is 0 Å². The van der Waals surface area contributed by atoms with Crippen LogP contribution in [0.4, 0.5) is 0 Å². The number of aromatic nitrogens is 1. The van der Waals surface area contributed by atoms with Crippen LogP contribution in [0.3, 0.4) is 0 Å². The molecule has 1 amide bonds. The molecule has 0 atom stereocenters. The molecular formula is C19H24N4O4S. The summed E-state index contributed by atoms with van der Waals surface area (Å²) in [5.74, 6) is 0.0844. The molecule has 0 aliphatic carbocycles. The third kappa shape index (κ3) is 3.88. The molecule has 4 rings (SSSR count). The predicted octanol–water partition coefficient (Wildman–Crippen LogP) is 0.400. The fourth-order valence-corrected chi connectivity index (χ4v) is 5.33. The summed E-state index contributed by atoms with van der Waals surface area (Å²) < 4.78 is 33.1. The van der Waals surface area contributed by atoms with E-state index >= 15 is 0 Å². The third-order valence-corrected chi connectivity index (χ3v) is 7.27. The number of carbonyl (C=O) groups is 1. The molecule has 0 N–H and O–H groups in total. The Balaban J connectivity index is 1.42. The number of amides is 1. The molecule has 2 fully saturated rings. The minimum Gasteiger partial charge on any atom is -0.378 e. The Labute approximate surface area is 164 Å². The van der Waals surface area contributed by atoms with E-state index in [0.29, 0.717) is 69.3 Å². The van der Waals surface area contributed by atoms with Gasteiger partial charge in [0, 0.05) is 62.4 Å². The number of sulfonamides is 1. The van der Waals surface area contributed by atoms with E-state index in [-0.39, 0.29) is 5.91 Å². The number of fused-ring (bicyclic) bond motifs is 1. The number of piperazine rings is 1. The third-order valence-electron chi connectivity index (χ3n) is 5.31. The lowest BCUT2D eigenvalue weighted by Gasteiger charge is -2.35. The quantitative estimate of drug-likeness (QED) is 0.734. The van der Waals surface area contributed by atoms with Crippen LogP contribution in [0.25, 0.3) is 10.8 Å². The summed E-state index contributed by atoms with van der Waals surface area (Å²) in [6.45, 7) is 4.58. The maximum Gasteiger partial charge on any atom is 0.243 e. The second-order valence-electron chi connectivity index (χ2n) is 7.03. The molecule has 150 valence electrons. The van der Waals surface area contributed by atoms with Gasteiger partial charge in [0.05, 0.1) is 24.7 Å². The molecular weight excluding hydrogens is 380 g/mol. The number of hydrogen-bond donors (Lipinski definition) is 0. The normalized spacial score (nSPS) is 19.8. The predicted molar refractivity (Wildman–Crippen MR) is 104 cm³/mol. The van der Waals surface area contributed by atoms with Crippen molar-refractivity contribution in [2.45, 2.75) is 4.90 Å². The molecule has 9 heteroatoms. The monoisotopic (exact) mass is 404 g/mol. The zero-order valence-electron chi connectivity index (χ0n) is 15.7. The van der Waals surface area contributed by atoms with E-state index in [2.05, 4.69) is 4.98 Å². The van der Waals surface area contributed by atoms with Crippen molar-refractivity contribution in [3.8, 4) is 0 Å². The highest BCUT2D eigenvalue weighted by Crippen LogP contribution is 2.25. The van der Waals surface area contributed by atoms with Gasteiger partial charge in [-0.2, -0.15) is 4.31 Å². The molecule has 0 saturated carbocycles. The zero-order chi connectivity index (χ0) is 19.6. The van der Waals surface area contributed by atoms with Gasteiger partial charge in [-0.3, -0.25) is 14.7 Å². The van der Waals surface area contributed by atoms with Crippen LogP contribution in [0.5, 0.6) is 0 Å². The molecule has 0 bridgehead atoms. The number of rotatable bonds is 4. The van der Waals surface area contributed by atoms with Crippen LogP contribution in [0, 0.1) is 0 Å². The van der Waals surface area contributed by atoms with Crippen molar-refractivity contribution in [3.63, 3.8) is 0 Å². The Morgan fingerprint density at radius 3 is 2.54 bits per heavy atom. The van der Waals surface area contributed by atoms with Gasteiger partial charge in [-0.1, -0.05) is 12.1 Å². The highest BCUT2D eigenvalue weighted by molar-refractivity contribution is 7.89. The first kappa shape index (κ1) is 19.3. The van der Waals surface area contributed by atoms with Gasteiger partial charge in [-0.05, 0) is 12.1 Å². The summed E-state index contributed by atoms with van der Waals surface area (Å²) in [5.41, 5.74) is 0. The number of hydrogen-bond acceptors (Lipinski definition) is 6. The number of ether oxygens (including phenoxy) is 1. The lowest BCUT2D eigenvalue weighted by atomic mass is 10.2. The Bertz CT molecular complexity index is 946. The van der Waals surface area contributed by atoms with Crippen LogP contribution in [-0.2, 0) is 19.6 Å². The van der Waals surface area contributed by atoms with Gasteiger partial charge in [-0.15, -0.1) is 0 Å². The molecule has 2 aromatic rings. The maximum atomic E-state index is 13.2. The van der Waals surface area contributed by atoms with Crippen LogP contribution in [0.2, 0.25) is 0 Å². The van der Waals surface area contributed by atoms with E-state index in [4.69, 9.17) is 4.74 Å². The lowest BCUT2D eigenvalue weighted by Crippen LogP contribution is -2.52. The summed E-state index contributed by atoms with van der Waals surface area (Å²) in [6, 6.07) is 6.98. The number of carbonyl (C=O) groups excluding carboxylic acids is 1. The fraction of sp³-hybridized carbons (Fsp3) is 0.474. The van der Waals surface area contributed by atoms with Crippen molar-refractivity contribution >= 4 is 26.7 Å². The molecule has 1 aromatic carbocycles. The van der Waals surface area contributed by atoms with Crippen LogP contribution >= 0.6 is 0 Å². The fourth-order valence-electron chi connectivity index (χ4n) is 3.69. The number of morpholine rings is 1. The van der Waals surface area contributed by atoms with E-state index in [9.17, 15) is 13.2 Å². The second kappa shape index (κ2) is 8.12. The second-order valence-corrected chi connectivity index (χ2v) is 8.93. The summed E-state index contributed by atoms with van der Waals surface area (Å²) in [4.78, 5) is 20.6. The summed E-state index contributed by atoms with van der Waals surface area (Å²) in [5, 5.41) is 1.49. The first-order valence-electron chi connectivity index (χ1n) is 9.46. The van der Waals surface area contributed by atoms with Gasteiger partial charge >= 0.3 is 0 Å². The van der Waals surface area contributed by atoms with E-state index in [1.165, 1.54) is 4.31 Å². The van der Waals surface area contributed by atoms with Crippen LogP contribution in [-0.4, -0.2) is 92.4 Å². The van der Waals surface area contributed by atoms with Crippen LogP contribution in [0.1, 0.15) is 0 Å². The van der Waals surface area contributed by atoms with E-state index in [0.717, 1.165) is 5.39 Å². The SMILES string of the molecule is O=C(CN1CCN(S(=O)(=O)c2cccc3cnccc23)CC1)N1CCOCC1. The van der Waals surface area contributed by atoms with Crippen LogP contribution < -0.4 is 0 Å². The van der Waals surface area contributed by atoms with E-state index < -0.39 is 10.0 Å². The largest absolute Gasteiger partial charge is 0.378 e. The topological polar surface area (TPSA) is 83.1 Å². The molecule has 2 saturated heterocycles. The number of benzene rings is 1. The minimum absolute atomic E-state index is 0.0844. The average Bonchev–Trinajstić information content (AvgIpc) is 2.74. The smallest absolute Gasteiger partial charge is 0.243 e. The van der Waals surface area contributed by atoms with Gasteiger partial charge in [0.25, 0.3) is 0 Å². The zero-order valence-corrected chi connectivity index (χ0v) is 16.5. The van der Waals surface area contributed by atoms with Gasteiger partial charge in [0.15, 0.2) is 0 Å². The highest BCUT2D eigenvalue weighted by Gasteiger charge is 2.31. The maximum absolute atomic E-state index is 13.2. The van der Waals surface area contributed by atoms with E-state index in [1.54, 1.807) is 30.6 Å². The Hall–Kier alpha value is -2.07. The molecule has 28 heavy (non-hydrogen) atoms.